The molecule has 6 heteroatoms. The zero-order valence-corrected chi connectivity index (χ0v) is 14.5. The molecule has 0 aromatic carbocycles. The van der Waals surface area contributed by atoms with Crippen LogP contribution in [-0.2, 0) is 19.5 Å². The van der Waals surface area contributed by atoms with Crippen LogP contribution in [0.5, 0.6) is 0 Å². The van der Waals surface area contributed by atoms with Gasteiger partial charge in [0.1, 0.15) is 11.6 Å². The largest absolute Gasteiger partial charge is 0.311 e. The van der Waals surface area contributed by atoms with Gasteiger partial charge in [0.05, 0.1) is 5.69 Å². The second-order valence-electron chi connectivity index (χ2n) is 6.60. The summed E-state index contributed by atoms with van der Waals surface area (Å²) in [6.07, 6.45) is 4.62. The van der Waals surface area contributed by atoms with E-state index in [0.29, 0.717) is 12.4 Å². The van der Waals surface area contributed by atoms with Crippen LogP contribution in [0.4, 0.5) is 0 Å². The highest BCUT2D eigenvalue weighted by Crippen LogP contribution is 2.19. The Labute approximate surface area is 146 Å². The third-order valence-electron chi connectivity index (χ3n) is 4.64. The Morgan fingerprint density at radius 2 is 2.16 bits per heavy atom. The molecule has 0 saturated heterocycles. The Balaban J connectivity index is 1.58. The maximum absolute atomic E-state index is 12.1. The van der Waals surface area contributed by atoms with Crippen molar-refractivity contribution in [2.45, 2.75) is 33.4 Å². The number of aromatic amines is 1. The van der Waals surface area contributed by atoms with Gasteiger partial charge in [-0.25, -0.2) is 9.97 Å². The van der Waals surface area contributed by atoms with Gasteiger partial charge in [0.25, 0.3) is 5.56 Å². The number of aromatic nitrogens is 4. The fraction of sp³-hybridized carbons (Fsp3) is 0.316. The van der Waals surface area contributed by atoms with Crippen molar-refractivity contribution >= 4 is 0 Å². The molecule has 1 aliphatic rings. The van der Waals surface area contributed by atoms with E-state index in [2.05, 4.69) is 43.5 Å². The first kappa shape index (κ1) is 15.8. The topological polar surface area (TPSA) is 66.8 Å². The minimum atomic E-state index is 0.00878. The van der Waals surface area contributed by atoms with Gasteiger partial charge in [-0.15, -0.1) is 0 Å². The number of fused-ring (bicyclic) bond motifs is 1. The summed E-state index contributed by atoms with van der Waals surface area (Å²) in [6, 6.07) is 8.25. The van der Waals surface area contributed by atoms with E-state index in [4.69, 9.17) is 0 Å². The van der Waals surface area contributed by atoms with E-state index in [9.17, 15) is 4.79 Å². The van der Waals surface area contributed by atoms with Gasteiger partial charge in [-0.3, -0.25) is 9.69 Å². The Kier molecular flexibility index (Phi) is 3.97. The smallest absolute Gasteiger partial charge is 0.254 e. The first-order valence-corrected chi connectivity index (χ1v) is 8.50. The van der Waals surface area contributed by atoms with Crippen LogP contribution < -0.4 is 5.56 Å². The fourth-order valence-electron chi connectivity index (χ4n) is 3.40. The summed E-state index contributed by atoms with van der Waals surface area (Å²) in [5, 5.41) is 0. The van der Waals surface area contributed by atoms with Crippen LogP contribution in [0.15, 0.2) is 41.5 Å². The number of aryl methyl sites for hydroxylation is 2. The standard InChI is InChI=1S/C19H21N5O/c1-13-5-7-20-18(10-13)24-8-3-4-15(24)11-23-9-6-16-17(12-23)21-14(2)22-19(16)25/h3-5,7-8,10H,6,9,11-12H2,1-2H3,(H,21,22,25). The van der Waals surface area contributed by atoms with Crippen LogP contribution in [-0.4, -0.2) is 31.0 Å². The molecule has 0 aliphatic carbocycles. The van der Waals surface area contributed by atoms with Crippen molar-refractivity contribution in [3.8, 4) is 5.82 Å². The number of nitrogens with one attached hydrogen (secondary N) is 1. The van der Waals surface area contributed by atoms with Crippen molar-refractivity contribution in [3.05, 3.63) is 75.4 Å². The van der Waals surface area contributed by atoms with Crippen molar-refractivity contribution < 1.29 is 0 Å². The molecule has 4 heterocycles. The third-order valence-corrected chi connectivity index (χ3v) is 4.64. The predicted octanol–water partition coefficient (Wildman–Crippen LogP) is 2.13. The highest BCUT2D eigenvalue weighted by Gasteiger charge is 2.21. The van der Waals surface area contributed by atoms with E-state index < -0.39 is 0 Å². The van der Waals surface area contributed by atoms with Crippen LogP contribution in [0.3, 0.4) is 0 Å². The van der Waals surface area contributed by atoms with Gasteiger partial charge in [-0.1, -0.05) is 0 Å². The van der Waals surface area contributed by atoms with Crippen LogP contribution >= 0.6 is 0 Å². The number of pyridine rings is 1. The third kappa shape index (κ3) is 3.13. The SMILES string of the molecule is Cc1ccnc(-n2cccc2CN2CCc3c(nc(C)[nH]c3=O)C2)c1. The van der Waals surface area contributed by atoms with Crippen molar-refractivity contribution in [2.24, 2.45) is 0 Å². The van der Waals surface area contributed by atoms with E-state index in [1.54, 1.807) is 0 Å². The minimum absolute atomic E-state index is 0.00878. The van der Waals surface area contributed by atoms with Crippen molar-refractivity contribution in [3.63, 3.8) is 0 Å². The normalized spacial score (nSPS) is 14.5. The molecular formula is C19H21N5O. The van der Waals surface area contributed by atoms with Crippen LogP contribution in [0.25, 0.3) is 5.82 Å². The molecule has 0 atom stereocenters. The van der Waals surface area contributed by atoms with E-state index in [0.717, 1.165) is 36.6 Å². The summed E-state index contributed by atoms with van der Waals surface area (Å²) in [5.41, 5.74) is 4.12. The minimum Gasteiger partial charge on any atom is -0.311 e. The molecule has 25 heavy (non-hydrogen) atoms. The van der Waals surface area contributed by atoms with Crippen LogP contribution in [0.2, 0.25) is 0 Å². The molecule has 3 aromatic heterocycles. The molecule has 0 radical (unpaired) electrons. The lowest BCUT2D eigenvalue weighted by Crippen LogP contribution is -2.35. The average molecular weight is 335 g/mol. The number of H-pyrrole nitrogens is 1. The first-order chi connectivity index (χ1) is 12.1. The molecule has 1 aliphatic heterocycles. The summed E-state index contributed by atoms with van der Waals surface area (Å²) in [7, 11) is 0. The molecule has 4 rings (SSSR count). The van der Waals surface area contributed by atoms with E-state index in [1.165, 1.54) is 11.3 Å². The first-order valence-electron chi connectivity index (χ1n) is 8.50. The van der Waals surface area contributed by atoms with Crippen LogP contribution in [0.1, 0.15) is 28.3 Å². The monoisotopic (exact) mass is 335 g/mol. The van der Waals surface area contributed by atoms with Crippen LogP contribution in [0, 0.1) is 13.8 Å². The summed E-state index contributed by atoms with van der Waals surface area (Å²) in [6.45, 7) is 6.26. The average Bonchev–Trinajstić information content (AvgIpc) is 3.02. The number of rotatable bonds is 3. The summed E-state index contributed by atoms with van der Waals surface area (Å²) in [4.78, 5) is 26.2. The molecule has 3 aromatic rings. The van der Waals surface area contributed by atoms with Gasteiger partial charge in [-0.2, -0.15) is 0 Å². The van der Waals surface area contributed by atoms with Gasteiger partial charge in [0.2, 0.25) is 0 Å². The van der Waals surface area contributed by atoms with Gasteiger partial charge in [0.15, 0.2) is 0 Å². The highest BCUT2D eigenvalue weighted by atomic mass is 16.1. The van der Waals surface area contributed by atoms with Crippen molar-refractivity contribution in [1.82, 2.24) is 24.4 Å². The molecule has 0 spiro atoms. The van der Waals surface area contributed by atoms with Gasteiger partial charge in [0, 0.05) is 43.3 Å². The maximum Gasteiger partial charge on any atom is 0.254 e. The number of hydrogen-bond donors (Lipinski definition) is 1. The second-order valence-corrected chi connectivity index (χ2v) is 6.60. The fourth-order valence-corrected chi connectivity index (χ4v) is 3.40. The van der Waals surface area contributed by atoms with Gasteiger partial charge < -0.3 is 9.55 Å². The Hall–Kier alpha value is -2.73. The maximum atomic E-state index is 12.1. The van der Waals surface area contributed by atoms with Gasteiger partial charge in [-0.05, 0) is 50.1 Å². The predicted molar refractivity (Wildman–Crippen MR) is 95.7 cm³/mol. The highest BCUT2D eigenvalue weighted by molar-refractivity contribution is 5.31. The molecule has 1 N–H and O–H groups in total. The van der Waals surface area contributed by atoms with E-state index in [1.807, 2.05) is 31.5 Å². The Morgan fingerprint density at radius 1 is 1.28 bits per heavy atom. The van der Waals surface area contributed by atoms with E-state index in [-0.39, 0.29) is 5.56 Å². The second kappa shape index (κ2) is 6.29. The molecule has 0 fully saturated rings. The molecule has 128 valence electrons. The Bertz CT molecular complexity index is 972. The lowest BCUT2D eigenvalue weighted by atomic mass is 10.1. The molecule has 0 bridgehead atoms. The lowest BCUT2D eigenvalue weighted by Gasteiger charge is -2.27. The quantitative estimate of drug-likeness (QED) is 0.796. The summed E-state index contributed by atoms with van der Waals surface area (Å²) >= 11 is 0. The summed E-state index contributed by atoms with van der Waals surface area (Å²) in [5.74, 6) is 1.61. The lowest BCUT2D eigenvalue weighted by molar-refractivity contribution is 0.236. The molecule has 0 amide bonds. The van der Waals surface area contributed by atoms with E-state index >= 15 is 0 Å². The number of hydrogen-bond acceptors (Lipinski definition) is 4. The zero-order valence-electron chi connectivity index (χ0n) is 14.5. The van der Waals surface area contributed by atoms with Gasteiger partial charge >= 0.3 is 0 Å². The van der Waals surface area contributed by atoms with Crippen molar-refractivity contribution in [2.75, 3.05) is 6.54 Å². The number of nitrogens with zero attached hydrogens (tertiary/aromatic N) is 4. The van der Waals surface area contributed by atoms with Crippen molar-refractivity contribution in [1.29, 1.82) is 0 Å². The molecule has 6 nitrogen and oxygen atoms in total. The molecular weight excluding hydrogens is 314 g/mol. The molecule has 0 unspecified atom stereocenters. The molecule has 0 saturated carbocycles. The Morgan fingerprint density at radius 3 is 3.00 bits per heavy atom. The zero-order chi connectivity index (χ0) is 17.4. The summed E-state index contributed by atoms with van der Waals surface area (Å²) < 4.78 is 2.12.